The van der Waals surface area contributed by atoms with E-state index in [-0.39, 0.29) is 5.91 Å². The summed E-state index contributed by atoms with van der Waals surface area (Å²) in [4.78, 5) is 12.0. The minimum atomic E-state index is -0.0733. The number of benzene rings is 1. The largest absolute Gasteiger partial charge is 0.352 e. The molecule has 0 aliphatic heterocycles. The van der Waals surface area contributed by atoms with Crippen LogP contribution in [0, 0.1) is 0 Å². The monoisotopic (exact) mass is 421 g/mol. The maximum atomic E-state index is 12.0. The van der Waals surface area contributed by atoms with Crippen molar-refractivity contribution in [3.63, 3.8) is 0 Å². The Labute approximate surface area is 137 Å². The molecule has 1 N–H and O–H groups in total. The van der Waals surface area contributed by atoms with Gasteiger partial charge >= 0.3 is 0 Å². The van der Waals surface area contributed by atoms with Crippen LogP contribution >= 0.6 is 54.8 Å². The smallest absolute Gasteiger partial charge is 0.253 e. The maximum Gasteiger partial charge on any atom is 0.253 e. The minimum absolute atomic E-state index is 0.0733. The summed E-state index contributed by atoms with van der Waals surface area (Å²) in [5, 5.41) is 3.61. The zero-order chi connectivity index (χ0) is 13.8. The Morgan fingerprint density at radius 2 is 2.11 bits per heavy atom. The number of hydrogen-bond donors (Lipinski definition) is 1. The van der Waals surface area contributed by atoms with Crippen molar-refractivity contribution in [1.29, 1.82) is 0 Å². The standard InChI is InChI=1S/C13H10Br2ClNOS/c14-11-7-10(12(15)19-11)13(18)17-5-4-8-2-1-3-9(16)6-8/h1-3,6-7H,4-5H2,(H,17,18). The molecule has 1 aromatic heterocycles. The van der Waals surface area contributed by atoms with Gasteiger partial charge in [-0.2, -0.15) is 0 Å². The molecule has 2 nitrogen and oxygen atoms in total. The molecule has 1 aromatic carbocycles. The highest BCUT2D eigenvalue weighted by atomic mass is 79.9. The van der Waals surface area contributed by atoms with Crippen molar-refractivity contribution in [2.45, 2.75) is 6.42 Å². The maximum absolute atomic E-state index is 12.0. The summed E-state index contributed by atoms with van der Waals surface area (Å²) >= 11 is 14.1. The van der Waals surface area contributed by atoms with Crippen LogP contribution in [0.2, 0.25) is 5.02 Å². The van der Waals surface area contributed by atoms with Gasteiger partial charge in [0.2, 0.25) is 0 Å². The molecule has 100 valence electrons. The van der Waals surface area contributed by atoms with E-state index < -0.39 is 0 Å². The third-order valence-electron chi connectivity index (χ3n) is 2.49. The molecule has 0 atom stereocenters. The first-order valence-corrected chi connectivity index (χ1v) is 8.32. The Balaban J connectivity index is 1.89. The van der Waals surface area contributed by atoms with E-state index in [2.05, 4.69) is 37.2 Å². The number of carbonyl (C=O) groups is 1. The topological polar surface area (TPSA) is 29.1 Å². The number of rotatable bonds is 4. The highest BCUT2D eigenvalue weighted by molar-refractivity contribution is 9.12. The Morgan fingerprint density at radius 1 is 1.32 bits per heavy atom. The van der Waals surface area contributed by atoms with Crippen LogP contribution in [0.1, 0.15) is 15.9 Å². The average molecular weight is 424 g/mol. The molecule has 0 unspecified atom stereocenters. The number of thiophene rings is 1. The van der Waals surface area contributed by atoms with E-state index in [1.165, 1.54) is 11.3 Å². The molecule has 6 heteroatoms. The molecule has 2 aromatic rings. The van der Waals surface area contributed by atoms with Crippen molar-refractivity contribution in [1.82, 2.24) is 5.32 Å². The fourth-order valence-corrected chi connectivity index (χ4v) is 4.61. The molecule has 0 fully saturated rings. The van der Waals surface area contributed by atoms with Gasteiger partial charge in [0.1, 0.15) is 0 Å². The SMILES string of the molecule is O=C(NCCc1cccc(Cl)c1)c1cc(Br)sc1Br. The lowest BCUT2D eigenvalue weighted by atomic mass is 10.1. The van der Waals surface area contributed by atoms with E-state index in [4.69, 9.17) is 11.6 Å². The quantitative estimate of drug-likeness (QED) is 0.745. The van der Waals surface area contributed by atoms with E-state index in [0.29, 0.717) is 17.1 Å². The molecule has 0 aliphatic carbocycles. The first kappa shape index (κ1) is 15.0. The number of hydrogen-bond acceptors (Lipinski definition) is 2. The van der Waals surface area contributed by atoms with Crippen molar-refractivity contribution in [3.05, 3.63) is 54.1 Å². The Bertz CT molecular complexity index is 600. The lowest BCUT2D eigenvalue weighted by molar-refractivity contribution is 0.0954. The summed E-state index contributed by atoms with van der Waals surface area (Å²) in [5.74, 6) is -0.0733. The van der Waals surface area contributed by atoms with Crippen LogP contribution in [0.5, 0.6) is 0 Å². The van der Waals surface area contributed by atoms with Gasteiger partial charge in [0.05, 0.1) is 13.1 Å². The molecule has 0 saturated carbocycles. The molecule has 1 amide bonds. The highest BCUT2D eigenvalue weighted by Crippen LogP contribution is 2.31. The zero-order valence-electron chi connectivity index (χ0n) is 9.75. The molecule has 0 bridgehead atoms. The van der Waals surface area contributed by atoms with Crippen molar-refractivity contribution >= 4 is 60.7 Å². The van der Waals surface area contributed by atoms with Gasteiger partial charge in [0.25, 0.3) is 5.91 Å². The molecule has 0 aliphatic rings. The second kappa shape index (κ2) is 6.88. The second-order valence-electron chi connectivity index (χ2n) is 3.87. The van der Waals surface area contributed by atoms with Crippen LogP contribution in [-0.4, -0.2) is 12.5 Å². The van der Waals surface area contributed by atoms with Crippen LogP contribution in [0.15, 0.2) is 37.9 Å². The van der Waals surface area contributed by atoms with E-state index in [9.17, 15) is 4.79 Å². The van der Waals surface area contributed by atoms with Gasteiger partial charge in [-0.25, -0.2) is 0 Å². The summed E-state index contributed by atoms with van der Waals surface area (Å²) in [6.45, 7) is 0.582. The lowest BCUT2D eigenvalue weighted by Gasteiger charge is -2.05. The Morgan fingerprint density at radius 3 is 2.74 bits per heavy atom. The molecule has 0 saturated heterocycles. The van der Waals surface area contributed by atoms with Gasteiger partial charge in [0.15, 0.2) is 0 Å². The molecule has 0 spiro atoms. The minimum Gasteiger partial charge on any atom is -0.352 e. The second-order valence-corrected chi connectivity index (χ2v) is 8.06. The molecule has 2 rings (SSSR count). The zero-order valence-corrected chi connectivity index (χ0v) is 14.5. The van der Waals surface area contributed by atoms with Crippen LogP contribution < -0.4 is 5.32 Å². The first-order chi connectivity index (χ1) is 9.06. The summed E-state index contributed by atoms with van der Waals surface area (Å²) in [6, 6.07) is 9.46. The predicted octanol–water partition coefficient (Wildman–Crippen LogP) is 4.90. The Hall–Kier alpha value is -0.360. The predicted molar refractivity (Wildman–Crippen MR) is 87.2 cm³/mol. The molecule has 0 radical (unpaired) electrons. The normalized spacial score (nSPS) is 10.5. The van der Waals surface area contributed by atoms with Gasteiger partial charge in [-0.05, 0) is 62.0 Å². The first-order valence-electron chi connectivity index (χ1n) is 5.54. The van der Waals surface area contributed by atoms with E-state index in [1.807, 2.05) is 30.3 Å². The lowest BCUT2D eigenvalue weighted by Crippen LogP contribution is -2.25. The molecule has 1 heterocycles. The van der Waals surface area contributed by atoms with Crippen molar-refractivity contribution in [3.8, 4) is 0 Å². The summed E-state index contributed by atoms with van der Waals surface area (Å²) in [5.41, 5.74) is 1.77. The molecule has 19 heavy (non-hydrogen) atoms. The van der Waals surface area contributed by atoms with E-state index >= 15 is 0 Å². The third-order valence-corrected chi connectivity index (χ3v) is 5.06. The van der Waals surface area contributed by atoms with Gasteiger partial charge in [-0.15, -0.1) is 11.3 Å². The fraction of sp³-hybridized carbons (Fsp3) is 0.154. The van der Waals surface area contributed by atoms with Gasteiger partial charge < -0.3 is 5.32 Å². The van der Waals surface area contributed by atoms with Gasteiger partial charge in [0, 0.05) is 11.6 Å². The van der Waals surface area contributed by atoms with Crippen LogP contribution in [0.3, 0.4) is 0 Å². The molecular weight excluding hydrogens is 413 g/mol. The van der Waals surface area contributed by atoms with Crippen LogP contribution in [0.4, 0.5) is 0 Å². The van der Waals surface area contributed by atoms with Crippen molar-refractivity contribution < 1.29 is 4.79 Å². The van der Waals surface area contributed by atoms with Crippen molar-refractivity contribution in [2.24, 2.45) is 0 Å². The van der Waals surface area contributed by atoms with Gasteiger partial charge in [-0.3, -0.25) is 4.79 Å². The fourth-order valence-electron chi connectivity index (χ4n) is 1.60. The van der Waals surface area contributed by atoms with E-state index in [0.717, 1.165) is 19.6 Å². The van der Waals surface area contributed by atoms with Gasteiger partial charge in [-0.1, -0.05) is 23.7 Å². The van der Waals surface area contributed by atoms with Crippen LogP contribution in [-0.2, 0) is 6.42 Å². The number of halogens is 3. The van der Waals surface area contributed by atoms with Crippen LogP contribution in [0.25, 0.3) is 0 Å². The average Bonchev–Trinajstić information content (AvgIpc) is 2.68. The number of nitrogens with one attached hydrogen (secondary N) is 1. The highest BCUT2D eigenvalue weighted by Gasteiger charge is 2.12. The summed E-state index contributed by atoms with van der Waals surface area (Å²) in [6.07, 6.45) is 0.759. The number of carbonyl (C=O) groups excluding carboxylic acids is 1. The third kappa shape index (κ3) is 4.31. The summed E-state index contributed by atoms with van der Waals surface area (Å²) in [7, 11) is 0. The number of amides is 1. The summed E-state index contributed by atoms with van der Waals surface area (Å²) < 4.78 is 1.76. The Kier molecular flexibility index (Phi) is 5.45. The van der Waals surface area contributed by atoms with E-state index in [1.54, 1.807) is 0 Å². The van der Waals surface area contributed by atoms with Crippen molar-refractivity contribution in [2.75, 3.05) is 6.54 Å². The molecular formula is C13H10Br2ClNOS.